The molecule has 0 aliphatic heterocycles. The molecule has 2 heterocycles. The zero-order valence-electron chi connectivity index (χ0n) is 14.9. The summed E-state index contributed by atoms with van der Waals surface area (Å²) in [4.78, 5) is 28.9. The smallest absolute Gasteiger partial charge is 0.244 e. The largest absolute Gasteiger partial charge is 0.338 e. The molecule has 140 valence electrons. The molecule has 2 aromatic carbocycles. The average Bonchev–Trinajstić information content (AvgIpc) is 2.65. The molecule has 5 nitrogen and oxygen atoms in total. The van der Waals surface area contributed by atoms with E-state index in [-0.39, 0.29) is 23.4 Å². The zero-order chi connectivity index (χ0) is 19.8. The molecule has 0 spiro atoms. The van der Waals surface area contributed by atoms with Gasteiger partial charge in [0.15, 0.2) is 5.43 Å². The number of nitrogens with one attached hydrogen (secondary N) is 1. The molecule has 4 aromatic rings. The molecule has 0 radical (unpaired) electrons. The van der Waals surface area contributed by atoms with Gasteiger partial charge >= 0.3 is 0 Å². The predicted molar refractivity (Wildman–Crippen MR) is 108 cm³/mol. The van der Waals surface area contributed by atoms with E-state index in [2.05, 4.69) is 10.3 Å². The summed E-state index contributed by atoms with van der Waals surface area (Å²) in [5.41, 5.74) is 1.73. The Morgan fingerprint density at radius 3 is 2.82 bits per heavy atom. The number of para-hydroxylation sites is 1. The lowest BCUT2D eigenvalue weighted by molar-refractivity contribution is -0.116. The summed E-state index contributed by atoms with van der Waals surface area (Å²) >= 11 is 5.98. The van der Waals surface area contributed by atoms with Gasteiger partial charge in [-0.2, -0.15) is 0 Å². The number of hydrogen-bond acceptors (Lipinski definition) is 3. The molecule has 2 aromatic heterocycles. The van der Waals surface area contributed by atoms with Crippen molar-refractivity contribution in [3.05, 3.63) is 81.5 Å². The minimum Gasteiger partial charge on any atom is -0.338 e. The Morgan fingerprint density at radius 1 is 1.18 bits per heavy atom. The second kappa shape index (κ2) is 7.05. The topological polar surface area (TPSA) is 64.0 Å². The number of amides is 1. The van der Waals surface area contributed by atoms with Crippen molar-refractivity contribution in [3.8, 4) is 0 Å². The summed E-state index contributed by atoms with van der Waals surface area (Å²) in [6.45, 7) is 1.72. The maximum absolute atomic E-state index is 14.1. The molecule has 0 aliphatic carbocycles. The van der Waals surface area contributed by atoms with Crippen molar-refractivity contribution in [2.75, 3.05) is 5.32 Å². The molecule has 0 saturated heterocycles. The first-order valence-electron chi connectivity index (χ1n) is 8.57. The van der Waals surface area contributed by atoms with Gasteiger partial charge in [-0.05, 0) is 37.3 Å². The van der Waals surface area contributed by atoms with Crippen molar-refractivity contribution in [2.45, 2.75) is 13.5 Å². The fourth-order valence-corrected chi connectivity index (χ4v) is 3.38. The highest BCUT2D eigenvalue weighted by molar-refractivity contribution is 6.31. The first-order chi connectivity index (χ1) is 13.4. The molecule has 0 atom stereocenters. The standard InChI is InChI=1S/C21H15ClFN3O2/c1-12-9-17(14-3-2-4-16(23)21(14)24-12)25-20(28)11-26-8-7-19(27)15-10-13(22)5-6-18(15)26/h2-10H,11H2,1H3,(H,24,25,28). The normalized spacial score (nSPS) is 11.1. The van der Waals surface area contributed by atoms with Gasteiger partial charge in [0.1, 0.15) is 17.9 Å². The van der Waals surface area contributed by atoms with Crippen LogP contribution in [0.1, 0.15) is 5.69 Å². The second-order valence-electron chi connectivity index (χ2n) is 6.46. The number of aromatic nitrogens is 2. The van der Waals surface area contributed by atoms with E-state index in [0.717, 1.165) is 0 Å². The van der Waals surface area contributed by atoms with E-state index in [9.17, 15) is 14.0 Å². The number of carbonyl (C=O) groups excluding carboxylic acids is 1. The van der Waals surface area contributed by atoms with Crippen LogP contribution in [0.2, 0.25) is 5.02 Å². The Morgan fingerprint density at radius 2 is 2.00 bits per heavy atom. The number of carbonyl (C=O) groups is 1. The number of rotatable bonds is 3. The SMILES string of the molecule is Cc1cc(NC(=O)Cn2ccc(=O)c3cc(Cl)ccc32)c2cccc(F)c2n1. The Bertz CT molecular complexity index is 1300. The summed E-state index contributed by atoms with van der Waals surface area (Å²) in [6.07, 6.45) is 1.56. The minimum absolute atomic E-state index is 0.0173. The number of pyridine rings is 2. The van der Waals surface area contributed by atoms with Gasteiger partial charge in [0.05, 0.1) is 11.2 Å². The fourth-order valence-electron chi connectivity index (χ4n) is 3.21. The predicted octanol–water partition coefficient (Wildman–Crippen LogP) is 4.29. The molecule has 1 N–H and O–H groups in total. The van der Waals surface area contributed by atoms with Gasteiger partial charge in [-0.3, -0.25) is 9.59 Å². The van der Waals surface area contributed by atoms with E-state index < -0.39 is 5.82 Å². The average molecular weight is 396 g/mol. The van der Waals surface area contributed by atoms with Crippen molar-refractivity contribution in [3.63, 3.8) is 0 Å². The number of anilines is 1. The molecule has 7 heteroatoms. The lowest BCUT2D eigenvalue weighted by Gasteiger charge is -2.13. The fraction of sp³-hybridized carbons (Fsp3) is 0.0952. The van der Waals surface area contributed by atoms with Crippen LogP contribution in [0.25, 0.3) is 21.8 Å². The van der Waals surface area contributed by atoms with Gasteiger partial charge in [0, 0.05) is 33.8 Å². The maximum atomic E-state index is 14.1. The molecule has 1 amide bonds. The van der Waals surface area contributed by atoms with Gasteiger partial charge < -0.3 is 9.88 Å². The summed E-state index contributed by atoms with van der Waals surface area (Å²) in [5.74, 6) is -0.754. The van der Waals surface area contributed by atoms with Gasteiger partial charge in [-0.1, -0.05) is 23.7 Å². The first-order valence-corrected chi connectivity index (χ1v) is 8.94. The van der Waals surface area contributed by atoms with E-state index in [0.29, 0.717) is 32.7 Å². The molecular weight excluding hydrogens is 381 g/mol. The number of nitrogens with zero attached hydrogens (tertiary/aromatic N) is 2. The molecule has 4 rings (SSSR count). The van der Waals surface area contributed by atoms with Crippen LogP contribution in [-0.4, -0.2) is 15.5 Å². The first kappa shape index (κ1) is 18.1. The van der Waals surface area contributed by atoms with Crippen molar-refractivity contribution in [2.24, 2.45) is 0 Å². The highest BCUT2D eigenvalue weighted by atomic mass is 35.5. The number of hydrogen-bond donors (Lipinski definition) is 1. The van der Waals surface area contributed by atoms with Crippen molar-refractivity contribution < 1.29 is 9.18 Å². The molecule has 0 bridgehead atoms. The Labute approximate surface area is 164 Å². The number of benzene rings is 2. The van der Waals surface area contributed by atoms with E-state index in [1.165, 1.54) is 12.1 Å². The summed E-state index contributed by atoms with van der Waals surface area (Å²) < 4.78 is 15.7. The van der Waals surface area contributed by atoms with Gasteiger partial charge in [0.2, 0.25) is 5.91 Å². The molecule has 28 heavy (non-hydrogen) atoms. The highest BCUT2D eigenvalue weighted by Crippen LogP contribution is 2.25. The van der Waals surface area contributed by atoms with Crippen molar-refractivity contribution in [1.29, 1.82) is 0 Å². The van der Waals surface area contributed by atoms with E-state index >= 15 is 0 Å². The van der Waals surface area contributed by atoms with Crippen LogP contribution in [0.4, 0.5) is 10.1 Å². The van der Waals surface area contributed by atoms with Gasteiger partial charge in [0.25, 0.3) is 0 Å². The van der Waals surface area contributed by atoms with Gasteiger partial charge in [-0.15, -0.1) is 0 Å². The quantitative estimate of drug-likeness (QED) is 0.563. The molecular formula is C21H15ClFN3O2. The Hall–Kier alpha value is -3.25. The monoisotopic (exact) mass is 395 g/mol. The third-order valence-corrected chi connectivity index (χ3v) is 4.68. The zero-order valence-corrected chi connectivity index (χ0v) is 15.6. The summed E-state index contributed by atoms with van der Waals surface area (Å²) in [5, 5.41) is 4.24. The van der Waals surface area contributed by atoms with Crippen LogP contribution in [-0.2, 0) is 11.3 Å². The number of fused-ring (bicyclic) bond motifs is 2. The van der Waals surface area contributed by atoms with Crippen LogP contribution >= 0.6 is 11.6 Å². The van der Waals surface area contributed by atoms with Crippen LogP contribution < -0.4 is 10.7 Å². The van der Waals surface area contributed by atoms with Crippen molar-refractivity contribution in [1.82, 2.24) is 9.55 Å². The summed E-state index contributed by atoms with van der Waals surface area (Å²) in [6, 6.07) is 12.7. The Kier molecular flexibility index (Phi) is 4.57. The van der Waals surface area contributed by atoms with E-state index in [1.807, 2.05) is 0 Å². The van der Waals surface area contributed by atoms with Crippen molar-refractivity contribution >= 4 is 45.0 Å². The van der Waals surface area contributed by atoms with Crippen LogP contribution in [0.15, 0.2) is 59.5 Å². The number of aryl methyl sites for hydroxylation is 1. The highest BCUT2D eigenvalue weighted by Gasteiger charge is 2.12. The molecule has 0 aliphatic rings. The lowest BCUT2D eigenvalue weighted by atomic mass is 10.1. The van der Waals surface area contributed by atoms with Crippen LogP contribution in [0, 0.1) is 12.7 Å². The van der Waals surface area contributed by atoms with Gasteiger partial charge in [-0.25, -0.2) is 9.37 Å². The second-order valence-corrected chi connectivity index (χ2v) is 6.90. The third kappa shape index (κ3) is 3.34. The van der Waals surface area contributed by atoms with Crippen LogP contribution in [0.5, 0.6) is 0 Å². The number of halogens is 2. The van der Waals surface area contributed by atoms with E-state index in [1.54, 1.807) is 54.1 Å². The maximum Gasteiger partial charge on any atom is 0.244 e. The van der Waals surface area contributed by atoms with Crippen LogP contribution in [0.3, 0.4) is 0 Å². The summed E-state index contributed by atoms with van der Waals surface area (Å²) in [7, 11) is 0. The lowest BCUT2D eigenvalue weighted by Crippen LogP contribution is -2.20. The van der Waals surface area contributed by atoms with E-state index in [4.69, 9.17) is 11.6 Å². The third-order valence-electron chi connectivity index (χ3n) is 4.45. The molecule has 0 saturated carbocycles. The molecule has 0 fully saturated rings. The minimum atomic E-state index is -0.444. The molecule has 0 unspecified atom stereocenters. The Balaban J connectivity index is 1.69.